The van der Waals surface area contributed by atoms with Gasteiger partial charge in [-0.05, 0) is 56.0 Å². The highest BCUT2D eigenvalue weighted by Crippen LogP contribution is 2.29. The van der Waals surface area contributed by atoms with Crippen molar-refractivity contribution in [3.8, 4) is 0 Å². The molecule has 2 aromatic rings. The summed E-state index contributed by atoms with van der Waals surface area (Å²) < 4.78 is 2.07. The highest BCUT2D eigenvalue weighted by molar-refractivity contribution is 5.61. The first-order valence-corrected chi connectivity index (χ1v) is 7.84. The van der Waals surface area contributed by atoms with E-state index in [9.17, 15) is 0 Å². The topological polar surface area (TPSA) is 47.1 Å². The summed E-state index contributed by atoms with van der Waals surface area (Å²) >= 11 is 0. The van der Waals surface area contributed by atoms with E-state index in [1.54, 1.807) is 0 Å². The van der Waals surface area contributed by atoms with Gasteiger partial charge in [0.05, 0.1) is 12.2 Å². The molecule has 0 spiro atoms. The summed E-state index contributed by atoms with van der Waals surface area (Å²) in [5, 5.41) is 4.72. The summed E-state index contributed by atoms with van der Waals surface area (Å²) in [7, 11) is 0. The molecule has 0 amide bonds. The van der Waals surface area contributed by atoms with Crippen molar-refractivity contribution in [1.29, 1.82) is 0 Å². The fraction of sp³-hybridized carbons (Fsp3) is 0.471. The van der Waals surface area contributed by atoms with Crippen molar-refractivity contribution in [2.75, 3.05) is 17.2 Å². The van der Waals surface area contributed by atoms with Gasteiger partial charge in [-0.3, -0.25) is 4.68 Å². The van der Waals surface area contributed by atoms with Gasteiger partial charge in [0.1, 0.15) is 0 Å². The lowest BCUT2D eigenvalue weighted by Gasteiger charge is -2.31. The molecule has 0 saturated carbocycles. The van der Waals surface area contributed by atoms with Gasteiger partial charge in [0.25, 0.3) is 0 Å². The molecule has 21 heavy (non-hydrogen) atoms. The van der Waals surface area contributed by atoms with Crippen molar-refractivity contribution in [3.63, 3.8) is 0 Å². The molecule has 2 N–H and O–H groups in total. The average molecular weight is 284 g/mol. The smallest absolute Gasteiger partial charge is 0.0817 e. The van der Waals surface area contributed by atoms with Gasteiger partial charge in [0, 0.05) is 30.2 Å². The third-order valence-electron chi connectivity index (χ3n) is 4.38. The highest BCUT2D eigenvalue weighted by atomic mass is 15.3. The van der Waals surface area contributed by atoms with Crippen molar-refractivity contribution in [2.45, 2.75) is 45.7 Å². The van der Waals surface area contributed by atoms with Crippen LogP contribution < -0.4 is 10.6 Å². The minimum atomic E-state index is 0.465. The zero-order chi connectivity index (χ0) is 14.8. The summed E-state index contributed by atoms with van der Waals surface area (Å²) in [4.78, 5) is 2.42. The Morgan fingerprint density at radius 2 is 2.19 bits per heavy atom. The Morgan fingerprint density at radius 3 is 3.00 bits per heavy atom. The largest absolute Gasteiger partial charge is 0.399 e. The van der Waals surface area contributed by atoms with Crippen molar-refractivity contribution in [2.24, 2.45) is 0 Å². The SMILES string of the molecule is CCC(C)n1ccc(CN2CCCc3cc(N)ccc32)n1. The number of hydrogen-bond acceptors (Lipinski definition) is 3. The number of nitrogen functional groups attached to an aromatic ring is 1. The zero-order valence-corrected chi connectivity index (χ0v) is 12.9. The van der Waals surface area contributed by atoms with Gasteiger partial charge in [-0.25, -0.2) is 0 Å². The predicted octanol–water partition coefficient (Wildman–Crippen LogP) is 3.39. The summed E-state index contributed by atoms with van der Waals surface area (Å²) in [5.74, 6) is 0. The Morgan fingerprint density at radius 1 is 1.33 bits per heavy atom. The molecule has 1 aliphatic heterocycles. The van der Waals surface area contributed by atoms with Crippen LogP contribution in [0.5, 0.6) is 0 Å². The molecule has 0 radical (unpaired) electrons. The molecule has 4 heteroatoms. The van der Waals surface area contributed by atoms with E-state index in [0.29, 0.717) is 6.04 Å². The molecule has 0 saturated heterocycles. The first kappa shape index (κ1) is 14.0. The molecule has 1 aliphatic rings. The summed E-state index contributed by atoms with van der Waals surface area (Å²) in [6.45, 7) is 6.36. The fourth-order valence-electron chi connectivity index (χ4n) is 2.95. The lowest BCUT2D eigenvalue weighted by atomic mass is 10.0. The zero-order valence-electron chi connectivity index (χ0n) is 12.9. The number of aryl methyl sites for hydroxylation is 1. The minimum absolute atomic E-state index is 0.465. The first-order valence-electron chi connectivity index (χ1n) is 7.84. The highest BCUT2D eigenvalue weighted by Gasteiger charge is 2.18. The van der Waals surface area contributed by atoms with Crippen LogP contribution in [-0.2, 0) is 13.0 Å². The maximum atomic E-state index is 5.90. The van der Waals surface area contributed by atoms with E-state index in [1.807, 2.05) is 6.07 Å². The summed E-state index contributed by atoms with van der Waals surface area (Å²) in [6, 6.07) is 8.86. The first-order chi connectivity index (χ1) is 10.2. The molecule has 4 nitrogen and oxygen atoms in total. The number of rotatable bonds is 4. The molecular weight excluding hydrogens is 260 g/mol. The van der Waals surface area contributed by atoms with Crippen LogP contribution in [0.2, 0.25) is 0 Å². The standard InChI is InChI=1S/C17H24N4/c1-3-13(2)21-10-8-16(19-21)12-20-9-4-5-14-11-15(18)6-7-17(14)20/h6-8,10-11,13H,3-5,9,12,18H2,1-2H3. The van der Waals surface area contributed by atoms with E-state index in [2.05, 4.69) is 47.8 Å². The van der Waals surface area contributed by atoms with Gasteiger partial charge < -0.3 is 10.6 Å². The van der Waals surface area contributed by atoms with Crippen LogP contribution in [0.15, 0.2) is 30.5 Å². The normalized spacial score (nSPS) is 15.8. The Kier molecular flexibility index (Phi) is 3.86. The van der Waals surface area contributed by atoms with E-state index < -0.39 is 0 Å². The average Bonchev–Trinajstić information content (AvgIpc) is 2.95. The van der Waals surface area contributed by atoms with Crippen molar-refractivity contribution in [3.05, 3.63) is 41.7 Å². The summed E-state index contributed by atoms with van der Waals surface area (Å²) in [5.41, 5.74) is 10.6. The molecule has 1 atom stereocenters. The van der Waals surface area contributed by atoms with Crippen LogP contribution >= 0.6 is 0 Å². The third-order valence-corrected chi connectivity index (χ3v) is 4.38. The number of fused-ring (bicyclic) bond motifs is 1. The maximum Gasteiger partial charge on any atom is 0.0817 e. The molecule has 3 rings (SSSR count). The lowest BCUT2D eigenvalue weighted by molar-refractivity contribution is 0.473. The number of benzene rings is 1. The van der Waals surface area contributed by atoms with Gasteiger partial charge in [-0.2, -0.15) is 5.10 Å². The van der Waals surface area contributed by atoms with Gasteiger partial charge in [0.2, 0.25) is 0 Å². The molecule has 112 valence electrons. The minimum Gasteiger partial charge on any atom is -0.399 e. The molecule has 0 bridgehead atoms. The number of aromatic nitrogens is 2. The van der Waals surface area contributed by atoms with Gasteiger partial charge in [0.15, 0.2) is 0 Å². The van der Waals surface area contributed by atoms with Crippen LogP contribution in [0.25, 0.3) is 0 Å². The third kappa shape index (κ3) is 2.89. The van der Waals surface area contributed by atoms with Crippen molar-refractivity contribution >= 4 is 11.4 Å². The van der Waals surface area contributed by atoms with Crippen molar-refractivity contribution in [1.82, 2.24) is 9.78 Å². The van der Waals surface area contributed by atoms with E-state index in [0.717, 1.165) is 37.3 Å². The second kappa shape index (κ2) is 5.80. The quantitative estimate of drug-likeness (QED) is 0.875. The van der Waals surface area contributed by atoms with E-state index in [1.165, 1.54) is 17.7 Å². The second-order valence-corrected chi connectivity index (χ2v) is 5.96. The van der Waals surface area contributed by atoms with E-state index >= 15 is 0 Å². The van der Waals surface area contributed by atoms with Crippen LogP contribution in [0.3, 0.4) is 0 Å². The van der Waals surface area contributed by atoms with Crippen molar-refractivity contribution < 1.29 is 0 Å². The molecule has 0 aliphatic carbocycles. The molecule has 2 heterocycles. The molecule has 1 unspecified atom stereocenters. The number of hydrogen-bond donors (Lipinski definition) is 1. The molecule has 0 fully saturated rings. The van der Waals surface area contributed by atoms with Crippen LogP contribution in [0, 0.1) is 0 Å². The van der Waals surface area contributed by atoms with Gasteiger partial charge in [-0.1, -0.05) is 6.92 Å². The maximum absolute atomic E-state index is 5.90. The van der Waals surface area contributed by atoms with E-state index in [-0.39, 0.29) is 0 Å². The van der Waals surface area contributed by atoms with E-state index in [4.69, 9.17) is 10.8 Å². The fourth-order valence-corrected chi connectivity index (χ4v) is 2.95. The number of nitrogens with two attached hydrogens (primary N) is 1. The van der Waals surface area contributed by atoms with Crippen LogP contribution in [0.4, 0.5) is 11.4 Å². The molecule has 1 aromatic heterocycles. The Balaban J connectivity index is 1.79. The monoisotopic (exact) mass is 284 g/mol. The number of nitrogens with zero attached hydrogens (tertiary/aromatic N) is 3. The van der Waals surface area contributed by atoms with Gasteiger partial charge >= 0.3 is 0 Å². The molecule has 1 aromatic carbocycles. The second-order valence-electron chi connectivity index (χ2n) is 5.96. The lowest BCUT2D eigenvalue weighted by Crippen LogP contribution is -2.29. The predicted molar refractivity (Wildman–Crippen MR) is 87.5 cm³/mol. The summed E-state index contributed by atoms with van der Waals surface area (Å²) in [6.07, 6.45) is 5.50. The van der Waals surface area contributed by atoms with Crippen LogP contribution in [-0.4, -0.2) is 16.3 Å². The Hall–Kier alpha value is -1.97. The Labute approximate surface area is 126 Å². The van der Waals surface area contributed by atoms with Crippen LogP contribution in [0.1, 0.15) is 44.0 Å². The number of anilines is 2. The molecular formula is C17H24N4. The van der Waals surface area contributed by atoms with Gasteiger partial charge in [-0.15, -0.1) is 0 Å². The Bertz CT molecular complexity index is 617.